The van der Waals surface area contributed by atoms with Crippen LogP contribution in [-0.4, -0.2) is 89.6 Å². The van der Waals surface area contributed by atoms with Crippen LogP contribution in [0.1, 0.15) is 96.0 Å². The molecule has 1 saturated heterocycles. The second kappa shape index (κ2) is 19.2. The molecule has 1 saturated carbocycles. The van der Waals surface area contributed by atoms with E-state index in [2.05, 4.69) is 72.1 Å². The first-order valence-electron chi connectivity index (χ1n) is 20.9. The van der Waals surface area contributed by atoms with Crippen molar-refractivity contribution in [1.82, 2.24) is 30.1 Å². The number of fused-ring (bicyclic) bond motifs is 1. The predicted octanol–water partition coefficient (Wildman–Crippen LogP) is 7.40. The van der Waals surface area contributed by atoms with E-state index in [0.29, 0.717) is 31.1 Å². The Morgan fingerprint density at radius 1 is 1.14 bits per heavy atom. The van der Waals surface area contributed by atoms with Crippen LogP contribution in [0.15, 0.2) is 41.9 Å². The highest BCUT2D eigenvalue weighted by atomic mass is 32.1. The number of carbonyl (C=O) groups excluding carboxylic acids is 3. The second-order valence-corrected chi connectivity index (χ2v) is 17.8. The Morgan fingerprint density at radius 3 is 2.63 bits per heavy atom. The maximum Gasteiger partial charge on any atom is 0.293 e. The van der Waals surface area contributed by atoms with E-state index >= 15 is 0 Å². The molecule has 3 aromatic heterocycles. The zero-order valence-corrected chi connectivity index (χ0v) is 35.8. The van der Waals surface area contributed by atoms with Crippen LogP contribution in [0.5, 0.6) is 0 Å². The Morgan fingerprint density at radius 2 is 1.93 bits per heavy atom. The monoisotopic (exact) mass is 798 g/mol. The topological polar surface area (TPSA) is 128 Å². The highest BCUT2D eigenvalue weighted by Crippen LogP contribution is 2.42. The third-order valence-electron chi connectivity index (χ3n) is 12.1. The fourth-order valence-electron chi connectivity index (χ4n) is 9.09. The molecule has 308 valence electrons. The second-order valence-electron chi connectivity index (χ2n) is 16.8. The summed E-state index contributed by atoms with van der Waals surface area (Å²) in [6.07, 6.45) is 8.10. The SMILES string of the molecule is CCNCC1CCN(C(C(=O)NC(Cc2nc(-c3ccc4c(c3)c(CC(C)(C)COC=O)c(-c3cccnc3C(C)OC)n4CC)cs2)C(C)=O)C2CCCC2)C1. The van der Waals surface area contributed by atoms with Crippen molar-refractivity contribution in [3.63, 3.8) is 0 Å². The number of rotatable bonds is 20. The van der Waals surface area contributed by atoms with Gasteiger partial charge in [-0.3, -0.25) is 24.3 Å². The van der Waals surface area contributed by atoms with Gasteiger partial charge in [0.25, 0.3) is 6.47 Å². The van der Waals surface area contributed by atoms with Gasteiger partial charge in [0, 0.05) is 65.6 Å². The fraction of sp³-hybridized carbons (Fsp3) is 0.578. The average molecular weight is 799 g/mol. The number of pyridine rings is 1. The lowest BCUT2D eigenvalue weighted by Gasteiger charge is -2.32. The number of nitrogens with one attached hydrogen (secondary N) is 2. The quantitative estimate of drug-likeness (QED) is 0.0880. The number of likely N-dealkylation sites (tertiary alicyclic amines) is 1. The van der Waals surface area contributed by atoms with Crippen LogP contribution in [0.2, 0.25) is 0 Å². The van der Waals surface area contributed by atoms with E-state index in [1.54, 1.807) is 20.2 Å². The van der Waals surface area contributed by atoms with E-state index < -0.39 is 6.04 Å². The van der Waals surface area contributed by atoms with Crippen molar-refractivity contribution in [2.45, 2.75) is 111 Å². The molecule has 4 aromatic rings. The number of amides is 1. The number of thiazole rings is 1. The molecule has 11 nitrogen and oxygen atoms in total. The maximum atomic E-state index is 14.1. The molecule has 6 rings (SSSR count). The fourth-order valence-corrected chi connectivity index (χ4v) is 9.94. The molecule has 0 spiro atoms. The summed E-state index contributed by atoms with van der Waals surface area (Å²) in [5.74, 6) is 0.781. The van der Waals surface area contributed by atoms with Crippen molar-refractivity contribution < 1.29 is 23.9 Å². The Hall–Kier alpha value is -3.97. The van der Waals surface area contributed by atoms with Crippen LogP contribution in [0.25, 0.3) is 33.4 Å². The minimum absolute atomic E-state index is 0.0182. The van der Waals surface area contributed by atoms with Crippen molar-refractivity contribution in [3.8, 4) is 22.5 Å². The van der Waals surface area contributed by atoms with Crippen molar-refractivity contribution >= 4 is 40.4 Å². The van der Waals surface area contributed by atoms with Gasteiger partial charge >= 0.3 is 0 Å². The van der Waals surface area contributed by atoms with Gasteiger partial charge in [0.2, 0.25) is 5.91 Å². The van der Waals surface area contributed by atoms with Gasteiger partial charge < -0.3 is 24.7 Å². The predicted molar refractivity (Wildman–Crippen MR) is 227 cm³/mol. The Balaban J connectivity index is 1.30. The lowest BCUT2D eigenvalue weighted by molar-refractivity contribution is -0.132. The highest BCUT2D eigenvalue weighted by Gasteiger charge is 2.40. The first-order valence-corrected chi connectivity index (χ1v) is 21.7. The average Bonchev–Trinajstić information content (AvgIpc) is 4.04. The van der Waals surface area contributed by atoms with Crippen LogP contribution in [0.3, 0.4) is 0 Å². The largest absolute Gasteiger partial charge is 0.467 e. The van der Waals surface area contributed by atoms with Crippen LogP contribution in [0.4, 0.5) is 0 Å². The van der Waals surface area contributed by atoms with E-state index in [-0.39, 0.29) is 35.9 Å². The number of methoxy groups -OCH3 is 1. The van der Waals surface area contributed by atoms with E-state index in [0.717, 1.165) is 115 Å². The normalized spacial score (nSPS) is 18.2. The standard InChI is InChI=1S/C45H62N6O5S/c1-8-46-24-31-18-20-50(25-31)42(32-13-10-11-14-32)44(54)49-37(29(3)53)22-40-48-38(26-57-40)33-16-17-39-35(21-33)36(23-45(5,6)27-56-28-52)43(51(39)9-2)34-15-12-19-47-41(34)30(4)55-7/h12,15-17,19,21,26,28,30-32,37,42,46H,8-11,13-14,18,20,22-25,27H2,1-7H3,(H,49,54). The molecule has 1 aliphatic carbocycles. The maximum absolute atomic E-state index is 14.1. The van der Waals surface area contributed by atoms with Crippen molar-refractivity contribution in [2.75, 3.05) is 39.9 Å². The number of aryl methyl sites for hydroxylation is 1. The summed E-state index contributed by atoms with van der Waals surface area (Å²) in [5, 5.41) is 10.6. The first kappa shape index (κ1) is 42.6. The van der Waals surface area contributed by atoms with Gasteiger partial charge in [-0.05, 0) is 108 Å². The molecule has 1 aromatic carbocycles. The summed E-state index contributed by atoms with van der Waals surface area (Å²) in [4.78, 5) is 50.7. The number of aromatic nitrogens is 3. The molecule has 1 aliphatic heterocycles. The van der Waals surface area contributed by atoms with E-state index in [1.165, 1.54) is 11.3 Å². The van der Waals surface area contributed by atoms with Gasteiger partial charge in [-0.15, -0.1) is 11.3 Å². The first-order chi connectivity index (χ1) is 27.5. The summed E-state index contributed by atoms with van der Waals surface area (Å²) >= 11 is 1.52. The molecule has 57 heavy (non-hydrogen) atoms. The molecule has 1 amide bonds. The number of ether oxygens (including phenoxy) is 2. The summed E-state index contributed by atoms with van der Waals surface area (Å²) in [7, 11) is 1.70. The molecule has 4 unspecified atom stereocenters. The summed E-state index contributed by atoms with van der Waals surface area (Å²) in [5.41, 5.74) is 6.62. The van der Waals surface area contributed by atoms with Crippen molar-refractivity contribution in [1.29, 1.82) is 0 Å². The molecule has 0 bridgehead atoms. The molecule has 4 heterocycles. The van der Waals surface area contributed by atoms with E-state index in [4.69, 9.17) is 19.4 Å². The third-order valence-corrected chi connectivity index (χ3v) is 12.9. The van der Waals surface area contributed by atoms with Gasteiger partial charge in [0.05, 0.1) is 46.9 Å². The smallest absolute Gasteiger partial charge is 0.293 e. The van der Waals surface area contributed by atoms with E-state index in [1.807, 2.05) is 18.4 Å². The Bertz CT molecular complexity index is 2000. The molecule has 0 radical (unpaired) electrons. The van der Waals surface area contributed by atoms with Gasteiger partial charge in [-0.1, -0.05) is 39.7 Å². The number of carbonyl (C=O) groups is 3. The molecule has 4 atom stereocenters. The number of ketones is 1. The minimum Gasteiger partial charge on any atom is -0.467 e. The minimum atomic E-state index is -0.644. The lowest BCUT2D eigenvalue weighted by Crippen LogP contribution is -2.54. The number of hydrogen-bond acceptors (Lipinski definition) is 10. The van der Waals surface area contributed by atoms with Gasteiger partial charge in [-0.25, -0.2) is 4.98 Å². The zero-order valence-electron chi connectivity index (χ0n) is 34.9. The van der Waals surface area contributed by atoms with Crippen LogP contribution in [0, 0.1) is 17.3 Å². The van der Waals surface area contributed by atoms with Crippen molar-refractivity contribution in [2.24, 2.45) is 17.3 Å². The third kappa shape index (κ3) is 9.84. The van der Waals surface area contributed by atoms with Crippen LogP contribution < -0.4 is 10.6 Å². The zero-order chi connectivity index (χ0) is 40.7. The van der Waals surface area contributed by atoms with Crippen molar-refractivity contribution in [3.05, 3.63) is 58.2 Å². The van der Waals surface area contributed by atoms with Gasteiger partial charge in [0.1, 0.15) is 0 Å². The van der Waals surface area contributed by atoms with Crippen LogP contribution in [-0.2, 0) is 43.2 Å². The molecular formula is C45H62N6O5S. The molecular weight excluding hydrogens is 737 g/mol. The molecule has 2 fully saturated rings. The Labute approximate surface area is 342 Å². The number of hydrogen-bond donors (Lipinski definition) is 2. The highest BCUT2D eigenvalue weighted by molar-refractivity contribution is 7.10. The Kier molecular flexibility index (Phi) is 14.4. The van der Waals surface area contributed by atoms with Gasteiger partial charge in [0.15, 0.2) is 5.78 Å². The number of nitrogens with zero attached hydrogens (tertiary/aromatic N) is 4. The summed E-state index contributed by atoms with van der Waals surface area (Å²) < 4.78 is 13.4. The number of Topliss-reactive ketones (excluding diaryl/α,β-unsaturated/α-hetero) is 1. The number of benzene rings is 1. The molecule has 2 N–H and O–H groups in total. The summed E-state index contributed by atoms with van der Waals surface area (Å²) in [6, 6.07) is 9.70. The van der Waals surface area contributed by atoms with Gasteiger partial charge in [-0.2, -0.15) is 0 Å². The summed E-state index contributed by atoms with van der Waals surface area (Å²) in [6.45, 7) is 17.4. The molecule has 2 aliphatic rings. The van der Waals surface area contributed by atoms with Crippen LogP contribution >= 0.6 is 11.3 Å². The lowest BCUT2D eigenvalue weighted by atomic mass is 9.84. The van der Waals surface area contributed by atoms with E-state index in [9.17, 15) is 14.4 Å². The molecule has 12 heteroatoms.